The summed E-state index contributed by atoms with van der Waals surface area (Å²) in [7, 11) is 0. The van der Waals surface area contributed by atoms with Crippen LogP contribution >= 0.6 is 24.0 Å². The molecule has 1 aromatic heterocycles. The van der Waals surface area contributed by atoms with Gasteiger partial charge in [-0.15, -0.1) is 12.4 Å². The zero-order valence-electron chi connectivity index (χ0n) is 12.3. The first-order chi connectivity index (χ1) is 10.8. The number of rotatable bonds is 3. The van der Waals surface area contributed by atoms with E-state index in [2.05, 4.69) is 10.1 Å². The van der Waals surface area contributed by atoms with Crippen LogP contribution in [0.3, 0.4) is 0 Å². The Bertz CT molecular complexity index is 755. The number of alkyl halides is 3. The van der Waals surface area contributed by atoms with Gasteiger partial charge in [0, 0.05) is 6.08 Å². The Morgan fingerprint density at radius 2 is 1.96 bits per heavy atom. The first-order valence-electron chi connectivity index (χ1n) is 6.96. The lowest BCUT2D eigenvalue weighted by Crippen LogP contribution is -2.44. The van der Waals surface area contributed by atoms with Crippen molar-refractivity contribution >= 4 is 36.2 Å². The molecule has 1 saturated carbocycles. The van der Waals surface area contributed by atoms with Crippen LogP contribution < -0.4 is 5.73 Å². The second kappa shape index (κ2) is 6.74. The van der Waals surface area contributed by atoms with Gasteiger partial charge in [-0.3, -0.25) is 0 Å². The smallest absolute Gasteiger partial charge is 0.335 e. The van der Waals surface area contributed by atoms with Gasteiger partial charge in [0.1, 0.15) is 0 Å². The summed E-state index contributed by atoms with van der Waals surface area (Å²) in [5.74, 6) is 0.621. The highest BCUT2D eigenvalue weighted by Gasteiger charge is 2.38. The lowest BCUT2D eigenvalue weighted by Gasteiger charge is -2.34. The second-order valence-electron chi connectivity index (χ2n) is 5.54. The number of hydrogen-bond donors (Lipinski definition) is 1. The molecule has 1 fully saturated rings. The highest BCUT2D eigenvalue weighted by atomic mass is 35.5. The molecule has 1 aliphatic carbocycles. The molecule has 4 nitrogen and oxygen atoms in total. The molecule has 0 aliphatic heterocycles. The van der Waals surface area contributed by atoms with E-state index in [0.29, 0.717) is 11.4 Å². The number of aromatic nitrogens is 2. The van der Waals surface area contributed by atoms with E-state index < -0.39 is 17.3 Å². The van der Waals surface area contributed by atoms with E-state index in [1.807, 2.05) is 0 Å². The topological polar surface area (TPSA) is 64.9 Å². The Labute approximate surface area is 147 Å². The van der Waals surface area contributed by atoms with E-state index in [1.165, 1.54) is 24.3 Å². The molecule has 0 radical (unpaired) electrons. The van der Waals surface area contributed by atoms with Crippen LogP contribution in [-0.4, -0.2) is 10.1 Å². The highest BCUT2D eigenvalue weighted by Crippen LogP contribution is 2.37. The third-order valence-corrected chi connectivity index (χ3v) is 4.18. The molecule has 1 aliphatic rings. The number of nitrogens with two attached hydrogens (primary N) is 1. The van der Waals surface area contributed by atoms with E-state index in [9.17, 15) is 13.2 Å². The molecule has 2 aromatic rings. The number of hydrogen-bond acceptors (Lipinski definition) is 4. The molecule has 9 heteroatoms. The Morgan fingerprint density at radius 3 is 2.54 bits per heavy atom. The molecular formula is C15H14Cl2F3N3O. The molecule has 0 amide bonds. The maximum Gasteiger partial charge on any atom is 0.417 e. The van der Waals surface area contributed by atoms with E-state index >= 15 is 0 Å². The van der Waals surface area contributed by atoms with E-state index in [1.54, 1.807) is 0 Å². The normalized spacial score (nSPS) is 16.7. The van der Waals surface area contributed by atoms with Crippen LogP contribution in [0.2, 0.25) is 5.02 Å². The first-order valence-corrected chi connectivity index (χ1v) is 7.34. The standard InChI is InChI=1S/C15H13ClF3N3O.ClH/c16-11-4-2-9(8-10(11)15(17,18)19)3-5-12-21-13(22-23-12)14(20)6-1-7-14;/h2-5,8H,1,6-7,20H2;1H/b5-3+;. The number of benzene rings is 1. The highest BCUT2D eigenvalue weighted by molar-refractivity contribution is 6.31. The van der Waals surface area contributed by atoms with Gasteiger partial charge in [0.2, 0.25) is 0 Å². The van der Waals surface area contributed by atoms with Crippen molar-refractivity contribution in [3.8, 4) is 0 Å². The van der Waals surface area contributed by atoms with Gasteiger partial charge in [0.15, 0.2) is 5.82 Å². The summed E-state index contributed by atoms with van der Waals surface area (Å²) >= 11 is 5.58. The molecule has 0 unspecified atom stereocenters. The molecule has 1 aromatic carbocycles. The fourth-order valence-electron chi connectivity index (χ4n) is 2.32. The molecule has 0 atom stereocenters. The minimum Gasteiger partial charge on any atom is -0.335 e. The van der Waals surface area contributed by atoms with Crippen molar-refractivity contribution in [3.63, 3.8) is 0 Å². The first kappa shape index (κ1) is 18.8. The summed E-state index contributed by atoms with van der Waals surface area (Å²) < 4.78 is 43.5. The number of halogens is 5. The SMILES string of the molecule is Cl.NC1(c2noc(/C=C/c3ccc(Cl)c(C(F)(F)F)c3)n2)CCC1. The third-order valence-electron chi connectivity index (χ3n) is 3.85. The minimum atomic E-state index is -4.51. The van der Waals surface area contributed by atoms with Crippen LogP contribution in [-0.2, 0) is 11.7 Å². The molecule has 2 N–H and O–H groups in total. The summed E-state index contributed by atoms with van der Waals surface area (Å²) in [5, 5.41) is 3.49. The zero-order valence-corrected chi connectivity index (χ0v) is 13.9. The zero-order chi connectivity index (χ0) is 16.7. The van der Waals surface area contributed by atoms with Crippen molar-refractivity contribution in [2.24, 2.45) is 5.73 Å². The summed E-state index contributed by atoms with van der Waals surface area (Å²) in [4.78, 5) is 4.17. The lowest BCUT2D eigenvalue weighted by molar-refractivity contribution is -0.137. The number of nitrogens with zero attached hydrogens (tertiary/aromatic N) is 2. The van der Waals surface area contributed by atoms with Gasteiger partial charge < -0.3 is 10.3 Å². The van der Waals surface area contributed by atoms with Gasteiger partial charge in [0.05, 0.1) is 16.1 Å². The van der Waals surface area contributed by atoms with E-state index in [0.717, 1.165) is 25.3 Å². The molecule has 3 rings (SSSR count). The quantitative estimate of drug-likeness (QED) is 0.841. The Morgan fingerprint density at radius 1 is 1.25 bits per heavy atom. The van der Waals surface area contributed by atoms with Crippen LogP contribution in [0, 0.1) is 0 Å². The van der Waals surface area contributed by atoms with Gasteiger partial charge in [-0.1, -0.05) is 22.8 Å². The Hall–Kier alpha value is -1.57. The van der Waals surface area contributed by atoms with Crippen molar-refractivity contribution in [2.45, 2.75) is 31.0 Å². The summed E-state index contributed by atoms with van der Waals surface area (Å²) in [6.45, 7) is 0. The second-order valence-corrected chi connectivity index (χ2v) is 5.94. The Kier molecular flexibility index (Phi) is 5.27. The van der Waals surface area contributed by atoms with Crippen molar-refractivity contribution in [1.82, 2.24) is 10.1 Å². The summed E-state index contributed by atoms with van der Waals surface area (Å²) in [6.07, 6.45) is 0.994. The molecule has 24 heavy (non-hydrogen) atoms. The maximum atomic E-state index is 12.8. The molecule has 0 spiro atoms. The van der Waals surface area contributed by atoms with Gasteiger partial charge >= 0.3 is 6.18 Å². The monoisotopic (exact) mass is 379 g/mol. The average molecular weight is 380 g/mol. The van der Waals surface area contributed by atoms with Crippen LogP contribution in [0.25, 0.3) is 12.2 Å². The van der Waals surface area contributed by atoms with Crippen LogP contribution in [0.5, 0.6) is 0 Å². The fourth-order valence-corrected chi connectivity index (χ4v) is 2.54. The van der Waals surface area contributed by atoms with Crippen LogP contribution in [0.1, 0.15) is 42.1 Å². The largest absolute Gasteiger partial charge is 0.417 e. The molecule has 1 heterocycles. The van der Waals surface area contributed by atoms with Crippen molar-refractivity contribution in [2.75, 3.05) is 0 Å². The molecule has 0 bridgehead atoms. The third kappa shape index (κ3) is 3.74. The fraction of sp³-hybridized carbons (Fsp3) is 0.333. The Balaban J connectivity index is 0.00000208. The minimum absolute atomic E-state index is 0. The van der Waals surface area contributed by atoms with Crippen molar-refractivity contribution in [3.05, 3.63) is 46.1 Å². The van der Waals surface area contributed by atoms with Gasteiger partial charge in [0.25, 0.3) is 5.89 Å². The summed E-state index contributed by atoms with van der Waals surface area (Å²) in [6, 6.07) is 3.64. The van der Waals surface area contributed by atoms with Gasteiger partial charge in [-0.05, 0) is 43.0 Å². The average Bonchev–Trinajstić information content (AvgIpc) is 2.92. The predicted octanol–water partition coefficient (Wildman–Crippen LogP) is 4.67. The van der Waals surface area contributed by atoms with E-state index in [-0.39, 0.29) is 23.3 Å². The molecule has 0 saturated heterocycles. The predicted molar refractivity (Wildman–Crippen MR) is 86.6 cm³/mol. The van der Waals surface area contributed by atoms with Crippen molar-refractivity contribution < 1.29 is 17.7 Å². The maximum absolute atomic E-state index is 12.8. The van der Waals surface area contributed by atoms with Gasteiger partial charge in [-0.2, -0.15) is 18.2 Å². The summed E-state index contributed by atoms with van der Waals surface area (Å²) in [5.41, 5.74) is 4.98. The molecular weight excluding hydrogens is 366 g/mol. The molecule has 130 valence electrons. The van der Waals surface area contributed by atoms with Gasteiger partial charge in [-0.25, -0.2) is 0 Å². The van der Waals surface area contributed by atoms with E-state index in [4.69, 9.17) is 21.9 Å². The van der Waals surface area contributed by atoms with Crippen LogP contribution in [0.15, 0.2) is 22.7 Å². The van der Waals surface area contributed by atoms with Crippen molar-refractivity contribution in [1.29, 1.82) is 0 Å². The van der Waals surface area contributed by atoms with Crippen LogP contribution in [0.4, 0.5) is 13.2 Å². The lowest BCUT2D eigenvalue weighted by atomic mass is 9.77.